The Hall–Kier alpha value is -2.51. The van der Waals surface area contributed by atoms with Crippen molar-refractivity contribution in [2.75, 3.05) is 0 Å². The van der Waals surface area contributed by atoms with Gasteiger partial charge in [0.05, 0.1) is 6.54 Å². The van der Waals surface area contributed by atoms with Gasteiger partial charge in [0, 0.05) is 6.20 Å². The minimum Gasteiger partial charge on any atom is -0.505 e. The Labute approximate surface area is 89.7 Å². The van der Waals surface area contributed by atoms with E-state index in [0.717, 1.165) is 0 Å². The average molecular weight is 220 g/mol. The number of tetrazole rings is 1. The van der Waals surface area contributed by atoms with Crippen LogP contribution in [0.4, 0.5) is 0 Å². The molecule has 2 aromatic rings. The average Bonchev–Trinajstić information content (AvgIpc) is 2.79. The molecule has 0 spiro atoms. The molecule has 3 N–H and O–H groups in total. The maximum atomic E-state index is 11.5. The predicted octanol–water partition coefficient (Wildman–Crippen LogP) is -0.770. The molecule has 82 valence electrons. The lowest BCUT2D eigenvalue weighted by molar-refractivity contribution is 0.0942. The van der Waals surface area contributed by atoms with Gasteiger partial charge in [0.2, 0.25) is 0 Å². The number of pyridine rings is 1. The van der Waals surface area contributed by atoms with Gasteiger partial charge in [-0.1, -0.05) is 5.21 Å². The second-order valence-corrected chi connectivity index (χ2v) is 2.88. The second-order valence-electron chi connectivity index (χ2n) is 2.88. The van der Waals surface area contributed by atoms with Crippen LogP contribution in [0.5, 0.6) is 5.75 Å². The highest BCUT2D eigenvalue weighted by Crippen LogP contribution is 2.11. The Bertz CT molecular complexity index is 483. The van der Waals surface area contributed by atoms with E-state index in [-0.39, 0.29) is 18.0 Å². The number of hydrogen-bond donors (Lipinski definition) is 3. The molecule has 0 aromatic carbocycles. The van der Waals surface area contributed by atoms with Crippen LogP contribution in [0.1, 0.15) is 16.3 Å². The summed E-state index contributed by atoms with van der Waals surface area (Å²) in [6.45, 7) is 0.116. The summed E-state index contributed by atoms with van der Waals surface area (Å²) in [6.07, 6.45) is 1.42. The molecule has 0 unspecified atom stereocenters. The standard InChI is InChI=1S/C8H8N6O2/c15-5-2-1-3-9-7(5)8(16)10-4-6-11-13-14-12-6/h1-3,15H,4H2,(H,10,16)(H,11,12,13,14). The monoisotopic (exact) mass is 220 g/mol. The molecule has 0 aliphatic carbocycles. The molecular weight excluding hydrogens is 212 g/mol. The molecule has 2 rings (SSSR count). The van der Waals surface area contributed by atoms with E-state index in [1.807, 2.05) is 0 Å². The van der Waals surface area contributed by atoms with Crippen molar-refractivity contribution < 1.29 is 9.90 Å². The van der Waals surface area contributed by atoms with Crippen LogP contribution >= 0.6 is 0 Å². The molecule has 8 nitrogen and oxygen atoms in total. The third-order valence-corrected chi connectivity index (χ3v) is 1.80. The Kier molecular flexibility index (Phi) is 2.72. The zero-order valence-corrected chi connectivity index (χ0v) is 8.08. The number of aromatic amines is 1. The van der Waals surface area contributed by atoms with E-state index in [1.54, 1.807) is 0 Å². The maximum Gasteiger partial charge on any atom is 0.274 e. The van der Waals surface area contributed by atoms with Crippen molar-refractivity contribution in [2.45, 2.75) is 6.54 Å². The smallest absolute Gasteiger partial charge is 0.274 e. The summed E-state index contributed by atoms with van der Waals surface area (Å²) in [7, 11) is 0. The lowest BCUT2D eigenvalue weighted by Crippen LogP contribution is -2.24. The number of aromatic hydroxyl groups is 1. The zero-order chi connectivity index (χ0) is 11.4. The Morgan fingerprint density at radius 3 is 3.12 bits per heavy atom. The minimum absolute atomic E-state index is 0.0361. The van der Waals surface area contributed by atoms with Gasteiger partial charge in [0.15, 0.2) is 11.5 Å². The van der Waals surface area contributed by atoms with Crippen molar-refractivity contribution in [1.29, 1.82) is 0 Å². The Morgan fingerprint density at radius 2 is 2.44 bits per heavy atom. The third-order valence-electron chi connectivity index (χ3n) is 1.80. The van der Waals surface area contributed by atoms with Gasteiger partial charge in [-0.2, -0.15) is 5.21 Å². The fourth-order valence-corrected chi connectivity index (χ4v) is 1.07. The van der Waals surface area contributed by atoms with E-state index < -0.39 is 5.91 Å². The van der Waals surface area contributed by atoms with Crippen LogP contribution < -0.4 is 5.32 Å². The molecule has 2 heterocycles. The van der Waals surface area contributed by atoms with Crippen molar-refractivity contribution in [3.8, 4) is 5.75 Å². The van der Waals surface area contributed by atoms with Crippen LogP contribution in [0, 0.1) is 0 Å². The van der Waals surface area contributed by atoms with Crippen molar-refractivity contribution >= 4 is 5.91 Å². The summed E-state index contributed by atoms with van der Waals surface area (Å²) in [5, 5.41) is 24.8. The minimum atomic E-state index is -0.497. The molecule has 0 atom stereocenters. The number of aromatic nitrogens is 5. The molecule has 8 heteroatoms. The van der Waals surface area contributed by atoms with Crippen LogP contribution in [0.2, 0.25) is 0 Å². The number of hydrogen-bond acceptors (Lipinski definition) is 6. The topological polar surface area (TPSA) is 117 Å². The fraction of sp³-hybridized carbons (Fsp3) is 0.125. The summed E-state index contributed by atoms with van der Waals surface area (Å²) in [6, 6.07) is 2.92. The summed E-state index contributed by atoms with van der Waals surface area (Å²) in [5.74, 6) is -0.320. The highest BCUT2D eigenvalue weighted by molar-refractivity contribution is 5.94. The molecule has 0 fully saturated rings. The fourth-order valence-electron chi connectivity index (χ4n) is 1.07. The number of H-pyrrole nitrogens is 1. The zero-order valence-electron chi connectivity index (χ0n) is 8.08. The van der Waals surface area contributed by atoms with Crippen molar-refractivity contribution in [3.05, 3.63) is 29.8 Å². The van der Waals surface area contributed by atoms with Gasteiger partial charge in [-0.25, -0.2) is 4.98 Å². The van der Waals surface area contributed by atoms with Crippen LogP contribution in [0.25, 0.3) is 0 Å². The van der Waals surface area contributed by atoms with Crippen LogP contribution in [0.3, 0.4) is 0 Å². The SMILES string of the molecule is O=C(NCc1nn[nH]n1)c1ncccc1O. The van der Waals surface area contributed by atoms with E-state index in [1.165, 1.54) is 18.3 Å². The van der Waals surface area contributed by atoms with Gasteiger partial charge in [0.1, 0.15) is 5.75 Å². The van der Waals surface area contributed by atoms with Gasteiger partial charge >= 0.3 is 0 Å². The van der Waals surface area contributed by atoms with E-state index in [9.17, 15) is 9.90 Å². The van der Waals surface area contributed by atoms with Crippen LogP contribution in [-0.4, -0.2) is 36.6 Å². The van der Waals surface area contributed by atoms with Crippen molar-refractivity contribution in [1.82, 2.24) is 30.9 Å². The first-order chi connectivity index (χ1) is 7.77. The second kappa shape index (κ2) is 4.34. The molecule has 1 amide bonds. The summed E-state index contributed by atoms with van der Waals surface area (Å²) in [5.41, 5.74) is -0.0361. The molecular formula is C8H8N6O2. The number of nitrogens with zero attached hydrogens (tertiary/aromatic N) is 4. The summed E-state index contributed by atoms with van der Waals surface area (Å²) < 4.78 is 0. The number of rotatable bonds is 3. The van der Waals surface area contributed by atoms with E-state index in [0.29, 0.717) is 5.82 Å². The lowest BCUT2D eigenvalue weighted by Gasteiger charge is -2.02. The molecule has 0 radical (unpaired) electrons. The van der Waals surface area contributed by atoms with Gasteiger partial charge in [-0.3, -0.25) is 4.79 Å². The maximum absolute atomic E-state index is 11.5. The molecule has 0 saturated heterocycles. The molecule has 0 aliphatic heterocycles. The van der Waals surface area contributed by atoms with Crippen LogP contribution in [-0.2, 0) is 6.54 Å². The third kappa shape index (κ3) is 2.11. The number of carbonyl (C=O) groups excluding carboxylic acids is 1. The Balaban J connectivity index is 2.01. The molecule has 0 saturated carbocycles. The predicted molar refractivity (Wildman–Crippen MR) is 51.2 cm³/mol. The highest BCUT2D eigenvalue weighted by Gasteiger charge is 2.12. The first kappa shape index (κ1) is 10.0. The quantitative estimate of drug-likeness (QED) is 0.625. The Morgan fingerprint density at radius 1 is 1.56 bits per heavy atom. The number of carbonyl (C=O) groups is 1. The highest BCUT2D eigenvalue weighted by atomic mass is 16.3. The van der Waals surface area contributed by atoms with Gasteiger partial charge in [0.25, 0.3) is 5.91 Å². The largest absolute Gasteiger partial charge is 0.505 e. The molecule has 16 heavy (non-hydrogen) atoms. The van der Waals surface area contributed by atoms with E-state index in [4.69, 9.17) is 0 Å². The van der Waals surface area contributed by atoms with Crippen LogP contribution in [0.15, 0.2) is 18.3 Å². The molecule has 0 bridgehead atoms. The summed E-state index contributed by atoms with van der Waals surface area (Å²) >= 11 is 0. The lowest BCUT2D eigenvalue weighted by atomic mass is 10.3. The van der Waals surface area contributed by atoms with Gasteiger partial charge in [-0.15, -0.1) is 10.2 Å². The van der Waals surface area contributed by atoms with E-state index >= 15 is 0 Å². The van der Waals surface area contributed by atoms with Crippen molar-refractivity contribution in [3.63, 3.8) is 0 Å². The van der Waals surface area contributed by atoms with Crippen molar-refractivity contribution in [2.24, 2.45) is 0 Å². The molecule has 2 aromatic heterocycles. The van der Waals surface area contributed by atoms with Gasteiger partial charge in [-0.05, 0) is 12.1 Å². The first-order valence-electron chi connectivity index (χ1n) is 4.42. The molecule has 0 aliphatic rings. The normalized spacial score (nSPS) is 10.0. The first-order valence-corrected chi connectivity index (χ1v) is 4.42. The summed E-state index contributed by atoms with van der Waals surface area (Å²) in [4.78, 5) is 15.3. The van der Waals surface area contributed by atoms with E-state index in [2.05, 4.69) is 30.9 Å². The number of amides is 1. The number of nitrogens with one attached hydrogen (secondary N) is 2. The van der Waals surface area contributed by atoms with Gasteiger partial charge < -0.3 is 10.4 Å².